The molecule has 166 valence electrons. The van der Waals surface area contributed by atoms with E-state index in [2.05, 4.69) is 28.2 Å². The molecule has 33 heavy (non-hydrogen) atoms. The minimum atomic E-state index is -3.49. The van der Waals surface area contributed by atoms with E-state index in [4.69, 9.17) is 4.98 Å². The zero-order valence-electron chi connectivity index (χ0n) is 18.3. The van der Waals surface area contributed by atoms with Crippen molar-refractivity contribution < 1.29 is 8.42 Å². The molecule has 2 aliphatic rings. The summed E-state index contributed by atoms with van der Waals surface area (Å²) in [6, 6.07) is 13.2. The Balaban J connectivity index is 1.38. The van der Waals surface area contributed by atoms with Crippen molar-refractivity contribution >= 4 is 26.6 Å². The highest BCUT2D eigenvalue weighted by molar-refractivity contribution is 7.89. The summed E-state index contributed by atoms with van der Waals surface area (Å²) in [6.45, 7) is 1.17. The van der Waals surface area contributed by atoms with E-state index in [1.54, 1.807) is 28.7 Å². The van der Waals surface area contributed by atoms with Gasteiger partial charge in [0.15, 0.2) is 0 Å². The molecule has 1 aliphatic heterocycles. The Kier molecular flexibility index (Phi) is 4.67. The first-order chi connectivity index (χ1) is 16.0. The lowest BCUT2D eigenvalue weighted by Crippen LogP contribution is -2.27. The zero-order valence-corrected chi connectivity index (χ0v) is 19.1. The molecule has 0 saturated carbocycles. The fraction of sp³-hybridized carbons (Fsp3) is 0.240. The third-order valence-corrected chi connectivity index (χ3v) is 8.37. The molecule has 0 amide bonds. The second-order valence-corrected chi connectivity index (χ2v) is 10.5. The Morgan fingerprint density at radius 1 is 0.970 bits per heavy atom. The molecule has 0 radical (unpaired) electrons. The standard InChI is InChI=1S/C25H23N5O2S/c1-29-16-27-21-9-7-17(14-24(21)29)20-8-10-22-25(20)28-23(15-26-22)18-5-4-6-19(13-18)33(31,32)30-11-2-3-12-30/h4-9,13-16H,2-3,10-12H2,1H3. The SMILES string of the molecule is Cn1cnc2ccc(C3=CCc4ncc(-c5cccc(S(=O)(=O)N6CCCC6)c5)nc43)cc21. The molecular weight excluding hydrogens is 434 g/mol. The van der Waals surface area contributed by atoms with Gasteiger partial charge in [0.05, 0.1) is 45.5 Å². The average Bonchev–Trinajstić information content (AvgIpc) is 3.59. The molecule has 1 aliphatic carbocycles. The first-order valence-electron chi connectivity index (χ1n) is 11.1. The lowest BCUT2D eigenvalue weighted by molar-refractivity contribution is 0.477. The molecule has 2 aromatic carbocycles. The van der Waals surface area contributed by atoms with Crippen molar-refractivity contribution in [3.63, 3.8) is 0 Å². The van der Waals surface area contributed by atoms with E-state index in [1.165, 1.54) is 0 Å². The highest BCUT2D eigenvalue weighted by Crippen LogP contribution is 2.33. The summed E-state index contributed by atoms with van der Waals surface area (Å²) in [6.07, 6.45) is 8.25. The second-order valence-electron chi connectivity index (χ2n) is 8.57. The number of allylic oxidation sites excluding steroid dienone is 1. The maximum absolute atomic E-state index is 13.0. The van der Waals surface area contributed by atoms with Crippen LogP contribution in [0.4, 0.5) is 0 Å². The average molecular weight is 458 g/mol. The summed E-state index contributed by atoms with van der Waals surface area (Å²) < 4.78 is 29.6. The molecule has 3 heterocycles. The number of rotatable bonds is 4. The molecule has 0 unspecified atom stereocenters. The smallest absolute Gasteiger partial charge is 0.243 e. The topological polar surface area (TPSA) is 81.0 Å². The number of aryl methyl sites for hydroxylation is 1. The molecule has 1 saturated heterocycles. The lowest BCUT2D eigenvalue weighted by atomic mass is 10.0. The Morgan fingerprint density at radius 2 is 1.82 bits per heavy atom. The summed E-state index contributed by atoms with van der Waals surface area (Å²) in [4.78, 5) is 14.3. The summed E-state index contributed by atoms with van der Waals surface area (Å²) in [7, 11) is -1.50. The molecule has 0 N–H and O–H groups in total. The van der Waals surface area contributed by atoms with Crippen molar-refractivity contribution in [2.45, 2.75) is 24.2 Å². The van der Waals surface area contributed by atoms with E-state index < -0.39 is 10.0 Å². The first kappa shape index (κ1) is 20.3. The molecule has 0 atom stereocenters. The van der Waals surface area contributed by atoms with Crippen molar-refractivity contribution in [3.8, 4) is 11.3 Å². The van der Waals surface area contributed by atoms with Crippen molar-refractivity contribution in [2.75, 3.05) is 13.1 Å². The van der Waals surface area contributed by atoms with Crippen LogP contribution in [0.3, 0.4) is 0 Å². The number of nitrogens with zero attached hydrogens (tertiary/aromatic N) is 5. The second kappa shape index (κ2) is 7.60. The number of hydrogen-bond donors (Lipinski definition) is 0. The molecule has 8 heteroatoms. The van der Waals surface area contributed by atoms with Gasteiger partial charge in [-0.15, -0.1) is 0 Å². The van der Waals surface area contributed by atoms with E-state index in [-0.39, 0.29) is 0 Å². The molecule has 0 spiro atoms. The number of fused-ring (bicyclic) bond motifs is 2. The summed E-state index contributed by atoms with van der Waals surface area (Å²) in [5, 5.41) is 0. The number of hydrogen-bond acceptors (Lipinski definition) is 5. The highest BCUT2D eigenvalue weighted by Gasteiger charge is 2.27. The van der Waals surface area contributed by atoms with Crippen molar-refractivity contribution in [3.05, 3.63) is 78.0 Å². The third-order valence-electron chi connectivity index (χ3n) is 6.47. The summed E-state index contributed by atoms with van der Waals surface area (Å²) in [5.74, 6) is 0. The number of imidazole rings is 1. The van der Waals surface area contributed by atoms with Gasteiger partial charge in [-0.3, -0.25) is 4.98 Å². The maximum atomic E-state index is 13.0. The molecule has 6 rings (SSSR count). The van der Waals surface area contributed by atoms with Crippen LogP contribution >= 0.6 is 0 Å². The molecule has 4 aromatic rings. The van der Waals surface area contributed by atoms with Crippen LogP contribution in [0.1, 0.15) is 29.8 Å². The minimum absolute atomic E-state index is 0.307. The van der Waals surface area contributed by atoms with Crippen molar-refractivity contribution in [1.82, 2.24) is 23.8 Å². The van der Waals surface area contributed by atoms with Gasteiger partial charge in [-0.2, -0.15) is 4.31 Å². The Hall–Kier alpha value is -3.36. The van der Waals surface area contributed by atoms with Gasteiger partial charge >= 0.3 is 0 Å². The van der Waals surface area contributed by atoms with Gasteiger partial charge in [-0.25, -0.2) is 18.4 Å². The van der Waals surface area contributed by atoms with Gasteiger partial charge in [0, 0.05) is 37.7 Å². The Morgan fingerprint density at radius 3 is 2.67 bits per heavy atom. The molecule has 7 nitrogen and oxygen atoms in total. The van der Waals surface area contributed by atoms with Gasteiger partial charge in [0.25, 0.3) is 0 Å². The predicted molar refractivity (Wildman–Crippen MR) is 127 cm³/mol. The largest absolute Gasteiger partial charge is 0.334 e. The van der Waals surface area contributed by atoms with Gasteiger partial charge in [-0.05, 0) is 42.7 Å². The van der Waals surface area contributed by atoms with E-state index in [9.17, 15) is 8.42 Å². The van der Waals surface area contributed by atoms with Crippen LogP contribution in [0.15, 0.2) is 66.0 Å². The minimum Gasteiger partial charge on any atom is -0.334 e. The molecule has 1 fully saturated rings. The van der Waals surface area contributed by atoms with Crippen LogP contribution < -0.4 is 0 Å². The van der Waals surface area contributed by atoms with Crippen LogP contribution in [0.2, 0.25) is 0 Å². The van der Waals surface area contributed by atoms with E-state index in [1.807, 2.05) is 30.1 Å². The van der Waals surface area contributed by atoms with Gasteiger partial charge in [0.1, 0.15) is 0 Å². The van der Waals surface area contributed by atoms with Gasteiger partial charge < -0.3 is 4.57 Å². The van der Waals surface area contributed by atoms with Crippen molar-refractivity contribution in [1.29, 1.82) is 0 Å². The van der Waals surface area contributed by atoms with Crippen LogP contribution in [-0.2, 0) is 23.5 Å². The van der Waals surface area contributed by atoms with E-state index in [0.29, 0.717) is 23.7 Å². The third kappa shape index (κ3) is 3.37. The van der Waals surface area contributed by atoms with Crippen LogP contribution in [-0.4, -0.2) is 45.3 Å². The predicted octanol–water partition coefficient (Wildman–Crippen LogP) is 3.80. The highest BCUT2D eigenvalue weighted by atomic mass is 32.2. The Bertz CT molecular complexity index is 1530. The normalized spacial score (nSPS) is 16.3. The fourth-order valence-electron chi connectivity index (χ4n) is 4.66. The van der Waals surface area contributed by atoms with Gasteiger partial charge in [0.2, 0.25) is 10.0 Å². The quantitative estimate of drug-likeness (QED) is 0.466. The van der Waals surface area contributed by atoms with Crippen LogP contribution in [0, 0.1) is 0 Å². The van der Waals surface area contributed by atoms with E-state index in [0.717, 1.165) is 58.4 Å². The first-order valence-corrected chi connectivity index (χ1v) is 12.5. The zero-order chi connectivity index (χ0) is 22.6. The van der Waals surface area contributed by atoms with E-state index >= 15 is 0 Å². The maximum Gasteiger partial charge on any atom is 0.243 e. The van der Waals surface area contributed by atoms with Crippen molar-refractivity contribution in [2.24, 2.45) is 7.05 Å². The number of benzene rings is 2. The summed E-state index contributed by atoms with van der Waals surface area (Å²) in [5.41, 5.74) is 7.33. The van der Waals surface area contributed by atoms with Crippen LogP contribution in [0.25, 0.3) is 27.9 Å². The van der Waals surface area contributed by atoms with Crippen LogP contribution in [0.5, 0.6) is 0 Å². The monoisotopic (exact) mass is 457 g/mol. The summed E-state index contributed by atoms with van der Waals surface area (Å²) >= 11 is 0. The lowest BCUT2D eigenvalue weighted by Gasteiger charge is -2.16. The number of sulfonamides is 1. The van der Waals surface area contributed by atoms with Gasteiger partial charge in [-0.1, -0.05) is 24.3 Å². The molecule has 0 bridgehead atoms. The molecular formula is C25H23N5O2S. The molecule has 2 aromatic heterocycles. The fourth-order valence-corrected chi connectivity index (χ4v) is 6.22. The Labute approximate surface area is 192 Å². The number of aromatic nitrogens is 4.